The first kappa shape index (κ1) is 8.11. The minimum absolute atomic E-state index is 0.0948. The molecule has 0 fully saturated rings. The summed E-state index contributed by atoms with van der Waals surface area (Å²) >= 11 is 0. The summed E-state index contributed by atoms with van der Waals surface area (Å²) in [6, 6.07) is 3.31. The number of allylic oxidation sites excluding steroid dienone is 1. The molecule has 0 unspecified atom stereocenters. The van der Waals surface area contributed by atoms with E-state index in [1.807, 2.05) is 0 Å². The van der Waals surface area contributed by atoms with Gasteiger partial charge >= 0.3 is 0 Å². The third-order valence-electron chi connectivity index (χ3n) is 2.44. The van der Waals surface area contributed by atoms with E-state index >= 15 is 0 Å². The standard InChI is InChI=1S/C11H6N2O2/c14-10-2-1-8-6(10)5-7-9(13-8)3-4-12-11(7)15/h1-5H,(H,12,15). The monoisotopic (exact) mass is 198 g/mol. The maximum atomic E-state index is 11.5. The van der Waals surface area contributed by atoms with Gasteiger partial charge < -0.3 is 4.98 Å². The molecule has 4 nitrogen and oxygen atoms in total. The minimum Gasteiger partial charge on any atom is -0.328 e. The number of ketones is 1. The van der Waals surface area contributed by atoms with Crippen molar-refractivity contribution >= 4 is 22.8 Å². The summed E-state index contributed by atoms with van der Waals surface area (Å²) in [5, 5.41) is 0.452. The highest BCUT2D eigenvalue weighted by Crippen LogP contribution is 2.20. The fourth-order valence-corrected chi connectivity index (χ4v) is 1.69. The van der Waals surface area contributed by atoms with Gasteiger partial charge in [0.15, 0.2) is 5.78 Å². The zero-order valence-electron chi connectivity index (χ0n) is 7.65. The Morgan fingerprint density at radius 3 is 2.93 bits per heavy atom. The van der Waals surface area contributed by atoms with Crippen LogP contribution >= 0.6 is 0 Å². The molecule has 4 heteroatoms. The lowest BCUT2D eigenvalue weighted by atomic mass is 10.1. The number of nitrogens with one attached hydrogen (secondary N) is 1. The Kier molecular flexibility index (Phi) is 1.42. The van der Waals surface area contributed by atoms with E-state index in [9.17, 15) is 9.59 Å². The van der Waals surface area contributed by atoms with Gasteiger partial charge in [0.25, 0.3) is 5.56 Å². The highest BCUT2D eigenvalue weighted by molar-refractivity contribution is 6.14. The molecule has 0 radical (unpaired) electrons. The molecule has 0 bridgehead atoms. The lowest BCUT2D eigenvalue weighted by Gasteiger charge is -1.99. The molecule has 0 atom stereocenters. The van der Waals surface area contributed by atoms with Gasteiger partial charge in [0.05, 0.1) is 16.6 Å². The van der Waals surface area contributed by atoms with E-state index in [1.165, 1.54) is 6.08 Å². The maximum Gasteiger partial charge on any atom is 0.257 e. The Hall–Kier alpha value is -2.23. The van der Waals surface area contributed by atoms with Gasteiger partial charge in [-0.2, -0.15) is 0 Å². The van der Waals surface area contributed by atoms with Gasteiger partial charge in [-0.05, 0) is 24.3 Å². The summed E-state index contributed by atoms with van der Waals surface area (Å²) in [5.74, 6) is -0.0948. The zero-order valence-corrected chi connectivity index (χ0v) is 7.65. The number of hydrogen-bond donors (Lipinski definition) is 1. The average molecular weight is 198 g/mol. The van der Waals surface area contributed by atoms with Crippen molar-refractivity contribution in [2.45, 2.75) is 0 Å². The SMILES string of the molecule is O=C1C=Cc2nc3cc[nH]c(=O)c3cc21. The summed E-state index contributed by atoms with van der Waals surface area (Å²) in [7, 11) is 0. The van der Waals surface area contributed by atoms with Crippen molar-refractivity contribution in [1.29, 1.82) is 0 Å². The first-order valence-corrected chi connectivity index (χ1v) is 4.50. The van der Waals surface area contributed by atoms with Gasteiger partial charge in [-0.15, -0.1) is 0 Å². The molecule has 2 aromatic rings. The predicted octanol–water partition coefficient (Wildman–Crippen LogP) is 1.13. The molecule has 0 aromatic carbocycles. The molecule has 72 valence electrons. The van der Waals surface area contributed by atoms with Crippen LogP contribution in [-0.2, 0) is 0 Å². The number of nitrogens with zero attached hydrogens (tertiary/aromatic N) is 1. The number of carbonyl (C=O) groups excluding carboxylic acids is 1. The fourth-order valence-electron chi connectivity index (χ4n) is 1.69. The van der Waals surface area contributed by atoms with Crippen molar-refractivity contribution in [3.05, 3.63) is 46.0 Å². The quantitative estimate of drug-likeness (QED) is 0.690. The normalized spacial score (nSPS) is 13.5. The molecular formula is C11H6N2O2. The molecule has 0 spiro atoms. The van der Waals surface area contributed by atoms with Crippen molar-refractivity contribution < 1.29 is 4.79 Å². The molecular weight excluding hydrogens is 192 g/mol. The number of rotatable bonds is 0. The average Bonchev–Trinajstić information content (AvgIpc) is 2.59. The predicted molar refractivity (Wildman–Crippen MR) is 55.7 cm³/mol. The van der Waals surface area contributed by atoms with Crippen LogP contribution in [0.3, 0.4) is 0 Å². The number of hydrogen-bond acceptors (Lipinski definition) is 3. The molecule has 0 saturated carbocycles. The second-order valence-electron chi connectivity index (χ2n) is 3.36. The number of pyridine rings is 2. The second-order valence-corrected chi connectivity index (χ2v) is 3.36. The topological polar surface area (TPSA) is 62.8 Å². The van der Waals surface area contributed by atoms with Gasteiger partial charge in [-0.1, -0.05) is 0 Å². The first-order valence-electron chi connectivity index (χ1n) is 4.50. The number of aromatic amines is 1. The molecule has 2 heterocycles. The Morgan fingerprint density at radius 1 is 1.20 bits per heavy atom. The van der Waals surface area contributed by atoms with Gasteiger partial charge in [0.2, 0.25) is 0 Å². The first-order chi connectivity index (χ1) is 7.25. The van der Waals surface area contributed by atoms with E-state index in [0.29, 0.717) is 22.2 Å². The van der Waals surface area contributed by atoms with Gasteiger partial charge in [0, 0.05) is 11.8 Å². The van der Waals surface area contributed by atoms with E-state index in [-0.39, 0.29) is 11.3 Å². The zero-order chi connectivity index (χ0) is 10.4. The number of fused-ring (bicyclic) bond motifs is 2. The minimum atomic E-state index is -0.220. The summed E-state index contributed by atoms with van der Waals surface area (Å²) < 4.78 is 0. The van der Waals surface area contributed by atoms with Crippen LogP contribution in [-0.4, -0.2) is 15.8 Å². The molecule has 3 rings (SSSR count). The van der Waals surface area contributed by atoms with Crippen molar-refractivity contribution in [2.75, 3.05) is 0 Å². The highest BCUT2D eigenvalue weighted by Gasteiger charge is 2.16. The Bertz CT molecular complexity index is 668. The number of carbonyl (C=O) groups is 1. The van der Waals surface area contributed by atoms with E-state index in [4.69, 9.17) is 0 Å². The van der Waals surface area contributed by atoms with Crippen LogP contribution in [0.5, 0.6) is 0 Å². The number of H-pyrrole nitrogens is 1. The van der Waals surface area contributed by atoms with Gasteiger partial charge in [-0.3, -0.25) is 9.59 Å². The van der Waals surface area contributed by atoms with Crippen LogP contribution in [0.4, 0.5) is 0 Å². The van der Waals surface area contributed by atoms with Crippen LogP contribution in [0, 0.1) is 0 Å². The summed E-state index contributed by atoms with van der Waals surface area (Å²) in [6.07, 6.45) is 4.67. The third-order valence-corrected chi connectivity index (χ3v) is 2.44. The highest BCUT2D eigenvalue weighted by atomic mass is 16.1. The molecule has 0 amide bonds. The molecule has 2 aromatic heterocycles. The Labute approximate surface area is 84.3 Å². The van der Waals surface area contributed by atoms with E-state index in [1.54, 1.807) is 24.4 Å². The van der Waals surface area contributed by atoms with Crippen LogP contribution in [0.25, 0.3) is 17.0 Å². The largest absolute Gasteiger partial charge is 0.328 e. The van der Waals surface area contributed by atoms with Crippen LogP contribution in [0.2, 0.25) is 0 Å². The van der Waals surface area contributed by atoms with E-state index in [0.717, 1.165) is 0 Å². The van der Waals surface area contributed by atoms with Crippen LogP contribution in [0.15, 0.2) is 29.2 Å². The van der Waals surface area contributed by atoms with Gasteiger partial charge in [0.1, 0.15) is 0 Å². The maximum absolute atomic E-state index is 11.5. The fraction of sp³-hybridized carbons (Fsp3) is 0. The van der Waals surface area contributed by atoms with Crippen molar-refractivity contribution in [2.24, 2.45) is 0 Å². The van der Waals surface area contributed by atoms with E-state index in [2.05, 4.69) is 9.97 Å². The van der Waals surface area contributed by atoms with Crippen molar-refractivity contribution in [1.82, 2.24) is 9.97 Å². The molecule has 0 aliphatic heterocycles. The Balaban J connectivity index is 2.49. The molecule has 1 aliphatic carbocycles. The number of aromatic nitrogens is 2. The molecule has 1 N–H and O–H groups in total. The summed E-state index contributed by atoms with van der Waals surface area (Å²) in [5.41, 5.74) is 1.52. The molecule has 0 saturated heterocycles. The Morgan fingerprint density at radius 2 is 2.07 bits per heavy atom. The summed E-state index contributed by atoms with van der Waals surface area (Å²) in [6.45, 7) is 0. The van der Waals surface area contributed by atoms with Gasteiger partial charge in [-0.25, -0.2) is 4.98 Å². The smallest absolute Gasteiger partial charge is 0.257 e. The van der Waals surface area contributed by atoms with E-state index < -0.39 is 0 Å². The van der Waals surface area contributed by atoms with Crippen LogP contribution < -0.4 is 5.56 Å². The van der Waals surface area contributed by atoms with Crippen LogP contribution in [0.1, 0.15) is 16.1 Å². The van der Waals surface area contributed by atoms with Crippen molar-refractivity contribution in [3.8, 4) is 0 Å². The summed E-state index contributed by atoms with van der Waals surface area (Å²) in [4.78, 5) is 29.6. The van der Waals surface area contributed by atoms with Crippen molar-refractivity contribution in [3.63, 3.8) is 0 Å². The third kappa shape index (κ3) is 1.05. The second kappa shape index (κ2) is 2.63. The lowest BCUT2D eigenvalue weighted by molar-refractivity contribution is 0.105. The molecule has 1 aliphatic rings. The lowest BCUT2D eigenvalue weighted by Crippen LogP contribution is -2.07. The molecule has 15 heavy (non-hydrogen) atoms.